The third-order valence-corrected chi connectivity index (χ3v) is 13.4. The molecular formula is C49H95O13P. The summed E-state index contributed by atoms with van der Waals surface area (Å²) in [7, 11) is -5.11. The zero-order chi connectivity index (χ0) is 46.4. The molecule has 13 nitrogen and oxygen atoms in total. The number of rotatable bonds is 44. The van der Waals surface area contributed by atoms with Crippen LogP contribution in [0.4, 0.5) is 0 Å². The molecule has 1 aliphatic rings. The summed E-state index contributed by atoms with van der Waals surface area (Å²) < 4.78 is 33.6. The molecule has 0 aliphatic heterocycles. The number of phosphoric ester groups is 1. The van der Waals surface area contributed by atoms with Crippen molar-refractivity contribution in [1.82, 2.24) is 0 Å². The molecule has 0 saturated heterocycles. The Morgan fingerprint density at radius 3 is 1.05 bits per heavy atom. The molecule has 6 N–H and O–H groups in total. The Bertz CT molecular complexity index is 1110. The molecule has 374 valence electrons. The summed E-state index contributed by atoms with van der Waals surface area (Å²) in [6.45, 7) is 3.34. The number of phosphoric acid groups is 1. The van der Waals surface area contributed by atoms with Crippen LogP contribution in [-0.4, -0.2) is 98.3 Å². The SMILES string of the molecule is CCCCCCCCCCCCCCCCCCCCCCCC(=O)O[C@H](COC(=O)CCCCCCCCCCCCCCC)COP(=O)(O)OC1C(O)C(O)C(O)[C@@H](O)C1O. The van der Waals surface area contributed by atoms with Gasteiger partial charge in [-0.15, -0.1) is 0 Å². The minimum absolute atomic E-state index is 0.105. The summed E-state index contributed by atoms with van der Waals surface area (Å²) in [5.74, 6) is -1.08. The number of esters is 2. The van der Waals surface area contributed by atoms with E-state index in [0.29, 0.717) is 12.8 Å². The third-order valence-electron chi connectivity index (χ3n) is 12.4. The van der Waals surface area contributed by atoms with E-state index in [1.807, 2.05) is 0 Å². The average molecular weight is 923 g/mol. The Balaban J connectivity index is 2.36. The van der Waals surface area contributed by atoms with E-state index in [1.54, 1.807) is 0 Å². The molecule has 0 amide bonds. The van der Waals surface area contributed by atoms with Crippen LogP contribution in [-0.2, 0) is 32.7 Å². The Hall–Kier alpha value is -1.15. The highest BCUT2D eigenvalue weighted by Crippen LogP contribution is 2.47. The number of unbranched alkanes of at least 4 members (excludes halogenated alkanes) is 32. The lowest BCUT2D eigenvalue weighted by Gasteiger charge is -2.41. The minimum atomic E-state index is -5.11. The summed E-state index contributed by atoms with van der Waals surface area (Å²) >= 11 is 0. The molecule has 0 heterocycles. The van der Waals surface area contributed by atoms with Crippen molar-refractivity contribution >= 4 is 19.8 Å². The fraction of sp³-hybridized carbons (Fsp3) is 0.959. The Morgan fingerprint density at radius 1 is 0.429 bits per heavy atom. The van der Waals surface area contributed by atoms with E-state index in [9.17, 15) is 44.6 Å². The van der Waals surface area contributed by atoms with Crippen molar-refractivity contribution in [2.24, 2.45) is 0 Å². The van der Waals surface area contributed by atoms with Gasteiger partial charge in [-0.3, -0.25) is 18.6 Å². The van der Waals surface area contributed by atoms with Crippen LogP contribution in [0.3, 0.4) is 0 Å². The van der Waals surface area contributed by atoms with Crippen molar-refractivity contribution in [2.75, 3.05) is 13.2 Å². The molecule has 0 aromatic heterocycles. The zero-order valence-electron chi connectivity index (χ0n) is 39.9. The van der Waals surface area contributed by atoms with Gasteiger partial charge in [-0.2, -0.15) is 0 Å². The average Bonchev–Trinajstić information content (AvgIpc) is 3.26. The third kappa shape index (κ3) is 32.2. The maximum Gasteiger partial charge on any atom is 0.472 e. The van der Waals surface area contributed by atoms with Crippen LogP contribution in [0.2, 0.25) is 0 Å². The van der Waals surface area contributed by atoms with Crippen molar-refractivity contribution < 1.29 is 63.1 Å². The molecule has 14 heteroatoms. The predicted octanol–water partition coefficient (Wildman–Crippen LogP) is 10.8. The zero-order valence-corrected chi connectivity index (χ0v) is 40.8. The maximum atomic E-state index is 12.8. The first-order valence-electron chi connectivity index (χ1n) is 25.8. The fourth-order valence-corrected chi connectivity index (χ4v) is 9.26. The first kappa shape index (κ1) is 59.9. The van der Waals surface area contributed by atoms with Crippen LogP contribution in [0.25, 0.3) is 0 Å². The smallest absolute Gasteiger partial charge is 0.462 e. The van der Waals surface area contributed by atoms with Crippen LogP contribution in [0.15, 0.2) is 0 Å². The van der Waals surface area contributed by atoms with Gasteiger partial charge in [-0.1, -0.05) is 219 Å². The molecule has 1 rings (SSSR count). The summed E-state index contributed by atoms with van der Waals surface area (Å²) in [6.07, 6.45) is 28.7. The molecule has 0 spiro atoms. The summed E-state index contributed by atoms with van der Waals surface area (Å²) in [6, 6.07) is 0. The Labute approximate surface area is 382 Å². The van der Waals surface area contributed by atoms with Gasteiger partial charge in [0.05, 0.1) is 6.61 Å². The van der Waals surface area contributed by atoms with E-state index in [2.05, 4.69) is 13.8 Å². The van der Waals surface area contributed by atoms with E-state index < -0.39 is 75.7 Å². The fourth-order valence-electron chi connectivity index (χ4n) is 8.29. The largest absolute Gasteiger partial charge is 0.472 e. The molecule has 1 saturated carbocycles. The molecule has 0 aromatic rings. The first-order valence-corrected chi connectivity index (χ1v) is 27.3. The Morgan fingerprint density at radius 2 is 0.714 bits per heavy atom. The number of carbonyl (C=O) groups excluding carboxylic acids is 2. The first-order chi connectivity index (χ1) is 30.4. The lowest BCUT2D eigenvalue weighted by molar-refractivity contribution is -0.220. The van der Waals surface area contributed by atoms with Crippen LogP contribution < -0.4 is 0 Å². The molecule has 1 fully saturated rings. The van der Waals surface area contributed by atoms with Gasteiger partial charge >= 0.3 is 19.8 Å². The standard InChI is InChI=1S/C49H95O13P/c1-3-5-7-9-11-13-15-17-18-19-20-21-22-23-24-26-28-30-32-34-36-38-43(51)61-41(40-60-63(57,58)62-49-47(55)45(53)44(52)46(54)48(49)56)39-59-42(50)37-35-33-31-29-27-25-16-14-12-10-8-6-4-2/h41,44-49,52-56H,3-40H2,1-2H3,(H,57,58)/t41-,44?,45-,46?,47?,48?,49?/m1/s1. The van der Waals surface area contributed by atoms with Gasteiger partial charge in [-0.25, -0.2) is 4.57 Å². The van der Waals surface area contributed by atoms with Crippen molar-refractivity contribution in [1.29, 1.82) is 0 Å². The van der Waals surface area contributed by atoms with E-state index in [1.165, 1.54) is 167 Å². The van der Waals surface area contributed by atoms with Crippen molar-refractivity contribution in [3.05, 3.63) is 0 Å². The molecule has 0 bridgehead atoms. The van der Waals surface area contributed by atoms with Crippen LogP contribution in [0.1, 0.15) is 245 Å². The summed E-state index contributed by atoms with van der Waals surface area (Å²) in [5, 5.41) is 50.2. The van der Waals surface area contributed by atoms with Gasteiger partial charge < -0.3 is 39.9 Å². The van der Waals surface area contributed by atoms with Crippen molar-refractivity contribution in [3.63, 3.8) is 0 Å². The van der Waals surface area contributed by atoms with Crippen LogP contribution >= 0.6 is 7.82 Å². The molecule has 0 aromatic carbocycles. The van der Waals surface area contributed by atoms with Gasteiger partial charge in [0.25, 0.3) is 0 Å². The second kappa shape index (κ2) is 40.0. The molecular weight excluding hydrogens is 828 g/mol. The molecule has 0 radical (unpaired) electrons. The van der Waals surface area contributed by atoms with Crippen molar-refractivity contribution in [2.45, 2.75) is 288 Å². The van der Waals surface area contributed by atoms with E-state index in [0.717, 1.165) is 38.5 Å². The van der Waals surface area contributed by atoms with Gasteiger partial charge in [0, 0.05) is 12.8 Å². The highest BCUT2D eigenvalue weighted by molar-refractivity contribution is 7.47. The predicted molar refractivity (Wildman–Crippen MR) is 249 cm³/mol. The monoisotopic (exact) mass is 923 g/mol. The highest BCUT2D eigenvalue weighted by atomic mass is 31.2. The number of hydrogen-bond donors (Lipinski definition) is 6. The van der Waals surface area contributed by atoms with E-state index >= 15 is 0 Å². The quantitative estimate of drug-likeness (QED) is 0.0191. The summed E-state index contributed by atoms with van der Waals surface area (Å²) in [4.78, 5) is 35.8. The van der Waals surface area contributed by atoms with Gasteiger partial charge in [0.15, 0.2) is 6.10 Å². The van der Waals surface area contributed by atoms with Crippen LogP contribution in [0.5, 0.6) is 0 Å². The van der Waals surface area contributed by atoms with Gasteiger partial charge in [0.1, 0.15) is 43.2 Å². The lowest BCUT2D eigenvalue weighted by Crippen LogP contribution is -2.64. The van der Waals surface area contributed by atoms with E-state index in [-0.39, 0.29) is 12.8 Å². The summed E-state index contributed by atoms with van der Waals surface area (Å²) in [5.41, 5.74) is 0. The van der Waals surface area contributed by atoms with Gasteiger partial charge in [-0.05, 0) is 12.8 Å². The number of carbonyl (C=O) groups is 2. The number of ether oxygens (including phenoxy) is 2. The lowest BCUT2D eigenvalue weighted by atomic mass is 9.85. The second-order valence-electron chi connectivity index (χ2n) is 18.4. The number of hydrogen-bond acceptors (Lipinski definition) is 12. The second-order valence-corrected chi connectivity index (χ2v) is 19.8. The highest BCUT2D eigenvalue weighted by Gasteiger charge is 2.51. The molecule has 1 aliphatic carbocycles. The van der Waals surface area contributed by atoms with Crippen molar-refractivity contribution in [3.8, 4) is 0 Å². The molecule has 63 heavy (non-hydrogen) atoms. The maximum absolute atomic E-state index is 12.8. The topological polar surface area (TPSA) is 210 Å². The molecule has 6 unspecified atom stereocenters. The van der Waals surface area contributed by atoms with E-state index in [4.69, 9.17) is 18.5 Å². The normalized spacial score (nSPS) is 21.6. The molecule has 8 atom stereocenters. The van der Waals surface area contributed by atoms with Crippen LogP contribution in [0, 0.1) is 0 Å². The van der Waals surface area contributed by atoms with Gasteiger partial charge in [0.2, 0.25) is 0 Å². The number of aliphatic hydroxyl groups excluding tert-OH is 5. The minimum Gasteiger partial charge on any atom is -0.462 e. The Kier molecular flexibility index (Phi) is 38.0. The number of aliphatic hydroxyl groups is 5.